The summed E-state index contributed by atoms with van der Waals surface area (Å²) in [5.74, 6) is -0.827. The Morgan fingerprint density at radius 2 is 2.11 bits per heavy atom. The number of aliphatic hydroxyl groups is 1. The van der Waals surface area contributed by atoms with Gasteiger partial charge in [-0.25, -0.2) is 4.39 Å². The van der Waals surface area contributed by atoms with E-state index in [0.717, 1.165) is 0 Å². The van der Waals surface area contributed by atoms with Crippen LogP contribution in [0.1, 0.15) is 23.3 Å². The van der Waals surface area contributed by atoms with Crippen molar-refractivity contribution in [3.63, 3.8) is 0 Å². The molecule has 1 aromatic heterocycles. The van der Waals surface area contributed by atoms with Crippen molar-refractivity contribution in [3.8, 4) is 0 Å². The van der Waals surface area contributed by atoms with Crippen LogP contribution in [0.4, 0.5) is 4.39 Å². The van der Waals surface area contributed by atoms with Gasteiger partial charge in [-0.05, 0) is 24.3 Å². The zero-order chi connectivity index (χ0) is 13.8. The monoisotopic (exact) mass is 280 g/mol. The Balaban J connectivity index is 2.33. The van der Waals surface area contributed by atoms with Gasteiger partial charge in [0.05, 0.1) is 6.10 Å². The molecule has 1 aromatic carbocycles. The van der Waals surface area contributed by atoms with Crippen LogP contribution in [0, 0.1) is 5.82 Å². The number of benzene rings is 1. The average molecular weight is 281 g/mol. The first-order chi connectivity index (χ1) is 9.13. The van der Waals surface area contributed by atoms with Crippen molar-refractivity contribution < 1.29 is 9.50 Å². The SMILES string of the molecule is NCC(c1ccccn1)C(O)c1ccc(F)cc1Cl. The molecule has 2 rings (SSSR count). The van der Waals surface area contributed by atoms with Gasteiger partial charge < -0.3 is 10.8 Å². The van der Waals surface area contributed by atoms with Crippen LogP contribution in [0.2, 0.25) is 5.02 Å². The quantitative estimate of drug-likeness (QED) is 0.905. The highest BCUT2D eigenvalue weighted by atomic mass is 35.5. The van der Waals surface area contributed by atoms with Crippen molar-refractivity contribution in [1.29, 1.82) is 0 Å². The van der Waals surface area contributed by atoms with Crippen LogP contribution >= 0.6 is 11.6 Å². The molecule has 0 saturated carbocycles. The second-order valence-corrected chi connectivity index (χ2v) is 4.61. The van der Waals surface area contributed by atoms with Crippen LogP contribution in [-0.4, -0.2) is 16.6 Å². The van der Waals surface area contributed by atoms with Crippen molar-refractivity contribution in [3.05, 3.63) is 64.7 Å². The van der Waals surface area contributed by atoms with Crippen molar-refractivity contribution in [1.82, 2.24) is 4.98 Å². The third-order valence-electron chi connectivity index (χ3n) is 2.98. The topological polar surface area (TPSA) is 59.1 Å². The molecule has 0 aliphatic heterocycles. The van der Waals surface area contributed by atoms with Crippen LogP contribution in [0.25, 0.3) is 0 Å². The molecule has 3 nitrogen and oxygen atoms in total. The second-order valence-electron chi connectivity index (χ2n) is 4.21. The normalized spacial score (nSPS) is 14.1. The minimum atomic E-state index is -0.923. The molecule has 0 bridgehead atoms. The first-order valence-electron chi connectivity index (χ1n) is 5.87. The Kier molecular flexibility index (Phi) is 4.47. The highest BCUT2D eigenvalue weighted by molar-refractivity contribution is 6.31. The van der Waals surface area contributed by atoms with E-state index in [2.05, 4.69) is 4.98 Å². The summed E-state index contributed by atoms with van der Waals surface area (Å²) in [6.45, 7) is 0.214. The molecule has 5 heteroatoms. The Morgan fingerprint density at radius 1 is 1.32 bits per heavy atom. The lowest BCUT2D eigenvalue weighted by Gasteiger charge is -2.22. The minimum Gasteiger partial charge on any atom is -0.388 e. The van der Waals surface area contributed by atoms with Crippen molar-refractivity contribution in [2.24, 2.45) is 5.73 Å². The number of nitrogens with two attached hydrogens (primary N) is 1. The number of pyridine rings is 1. The minimum absolute atomic E-state index is 0.182. The van der Waals surface area contributed by atoms with Crippen molar-refractivity contribution in [2.75, 3.05) is 6.54 Å². The molecule has 0 aliphatic rings. The molecule has 0 aliphatic carbocycles. The predicted molar refractivity (Wildman–Crippen MR) is 72.4 cm³/mol. The summed E-state index contributed by atoms with van der Waals surface area (Å²) in [5.41, 5.74) is 6.83. The maximum absolute atomic E-state index is 13.0. The van der Waals surface area contributed by atoms with Crippen molar-refractivity contribution >= 4 is 11.6 Å². The molecule has 2 atom stereocenters. The zero-order valence-corrected chi connectivity index (χ0v) is 10.9. The molecular weight excluding hydrogens is 267 g/mol. The summed E-state index contributed by atoms with van der Waals surface area (Å²) in [4.78, 5) is 4.19. The van der Waals surface area contributed by atoms with Gasteiger partial charge in [-0.15, -0.1) is 0 Å². The molecule has 1 heterocycles. The zero-order valence-electron chi connectivity index (χ0n) is 10.1. The molecule has 2 aromatic rings. The van der Waals surface area contributed by atoms with Gasteiger partial charge in [0.25, 0.3) is 0 Å². The lowest BCUT2D eigenvalue weighted by atomic mass is 9.92. The fourth-order valence-electron chi connectivity index (χ4n) is 1.96. The van der Waals surface area contributed by atoms with Gasteiger partial charge in [0.1, 0.15) is 5.82 Å². The van der Waals surface area contributed by atoms with Gasteiger partial charge >= 0.3 is 0 Å². The van der Waals surface area contributed by atoms with Crippen LogP contribution in [0.15, 0.2) is 42.6 Å². The molecule has 0 saturated heterocycles. The number of aliphatic hydroxyl groups excluding tert-OH is 1. The molecule has 3 N–H and O–H groups in total. The van der Waals surface area contributed by atoms with E-state index in [-0.39, 0.29) is 17.5 Å². The molecule has 19 heavy (non-hydrogen) atoms. The first-order valence-corrected chi connectivity index (χ1v) is 6.25. The molecule has 100 valence electrons. The number of aromatic nitrogens is 1. The van der Waals surface area contributed by atoms with Gasteiger partial charge in [-0.2, -0.15) is 0 Å². The highest BCUT2D eigenvalue weighted by Gasteiger charge is 2.24. The number of nitrogens with zero attached hydrogens (tertiary/aromatic N) is 1. The molecule has 0 spiro atoms. The van der Waals surface area contributed by atoms with E-state index < -0.39 is 11.9 Å². The highest BCUT2D eigenvalue weighted by Crippen LogP contribution is 2.33. The van der Waals surface area contributed by atoms with E-state index in [1.165, 1.54) is 18.2 Å². The number of hydrogen-bond acceptors (Lipinski definition) is 3. The summed E-state index contributed by atoms with van der Waals surface area (Å²) in [6.07, 6.45) is 0.713. The van der Waals surface area contributed by atoms with E-state index in [0.29, 0.717) is 11.3 Å². The van der Waals surface area contributed by atoms with Gasteiger partial charge in [-0.1, -0.05) is 23.7 Å². The summed E-state index contributed by atoms with van der Waals surface area (Å²) in [5, 5.41) is 10.6. The summed E-state index contributed by atoms with van der Waals surface area (Å²) >= 11 is 5.95. The smallest absolute Gasteiger partial charge is 0.124 e. The van der Waals surface area contributed by atoms with E-state index in [9.17, 15) is 9.50 Å². The Morgan fingerprint density at radius 3 is 2.68 bits per heavy atom. The third kappa shape index (κ3) is 3.10. The maximum Gasteiger partial charge on any atom is 0.124 e. The molecule has 0 amide bonds. The fraction of sp³-hybridized carbons (Fsp3) is 0.214. The van der Waals surface area contributed by atoms with Gasteiger partial charge in [0, 0.05) is 34.9 Å². The molecule has 2 unspecified atom stereocenters. The maximum atomic E-state index is 13.0. The first kappa shape index (κ1) is 13.9. The average Bonchev–Trinajstić information content (AvgIpc) is 2.40. The van der Waals surface area contributed by atoms with Gasteiger partial charge in [0.15, 0.2) is 0 Å². The molecule has 0 radical (unpaired) electrons. The largest absolute Gasteiger partial charge is 0.388 e. The van der Waals surface area contributed by atoms with Crippen molar-refractivity contribution in [2.45, 2.75) is 12.0 Å². The number of rotatable bonds is 4. The van der Waals surface area contributed by atoms with Crippen LogP contribution in [0.5, 0.6) is 0 Å². The fourth-order valence-corrected chi connectivity index (χ4v) is 2.24. The van der Waals surface area contributed by atoms with E-state index >= 15 is 0 Å². The third-order valence-corrected chi connectivity index (χ3v) is 3.31. The van der Waals surface area contributed by atoms with Gasteiger partial charge in [0.2, 0.25) is 0 Å². The Hall–Kier alpha value is -1.49. The number of hydrogen-bond donors (Lipinski definition) is 2. The van der Waals surface area contributed by atoms with E-state index in [1.54, 1.807) is 18.3 Å². The second kappa shape index (κ2) is 6.10. The lowest BCUT2D eigenvalue weighted by Crippen LogP contribution is -2.21. The number of halogens is 2. The predicted octanol–water partition coefficient (Wildman–Crippen LogP) is 2.65. The van der Waals surface area contributed by atoms with E-state index in [4.69, 9.17) is 17.3 Å². The molecular formula is C14H14ClFN2O. The van der Waals surface area contributed by atoms with Crippen LogP contribution < -0.4 is 5.73 Å². The van der Waals surface area contributed by atoms with Crippen LogP contribution in [-0.2, 0) is 0 Å². The van der Waals surface area contributed by atoms with E-state index in [1.807, 2.05) is 6.07 Å². The standard InChI is InChI=1S/C14H14ClFN2O/c15-12-7-9(16)4-5-10(12)14(19)11(8-17)13-3-1-2-6-18-13/h1-7,11,14,19H,8,17H2. The lowest BCUT2D eigenvalue weighted by molar-refractivity contribution is 0.146. The Labute approximate surface area is 115 Å². The van der Waals surface area contributed by atoms with Crippen LogP contribution in [0.3, 0.4) is 0 Å². The molecule has 0 fully saturated rings. The summed E-state index contributed by atoms with van der Waals surface area (Å²) in [7, 11) is 0. The summed E-state index contributed by atoms with van der Waals surface area (Å²) < 4.78 is 13.0. The Bertz CT molecular complexity index is 550. The van der Waals surface area contributed by atoms with Gasteiger partial charge in [-0.3, -0.25) is 4.98 Å². The summed E-state index contributed by atoms with van der Waals surface area (Å²) in [6, 6.07) is 9.30.